The van der Waals surface area contributed by atoms with Gasteiger partial charge in [-0.3, -0.25) is 4.79 Å². The maximum atomic E-state index is 11.1. The van der Waals surface area contributed by atoms with Crippen LogP contribution < -0.4 is 9.47 Å². The van der Waals surface area contributed by atoms with E-state index < -0.39 is 0 Å². The summed E-state index contributed by atoms with van der Waals surface area (Å²) in [6.45, 7) is 5.26. The van der Waals surface area contributed by atoms with E-state index in [1.165, 1.54) is 0 Å². The van der Waals surface area contributed by atoms with Gasteiger partial charge in [0.25, 0.3) is 0 Å². The maximum Gasteiger partial charge on any atom is 0.150 e. The topological polar surface area (TPSA) is 44.8 Å². The van der Waals surface area contributed by atoms with Crippen molar-refractivity contribution < 1.29 is 19.0 Å². The molecule has 0 unspecified atom stereocenters. The molecule has 0 fully saturated rings. The molecule has 0 saturated carbocycles. The molecule has 2 aromatic rings. The highest BCUT2D eigenvalue weighted by molar-refractivity contribution is 5.75. The Morgan fingerprint density at radius 2 is 1.80 bits per heavy atom. The summed E-state index contributed by atoms with van der Waals surface area (Å²) < 4.78 is 16.6. The number of methoxy groups -OCH3 is 1. The Bertz CT molecular complexity index is 662. The average molecular weight is 342 g/mol. The van der Waals surface area contributed by atoms with Gasteiger partial charge in [-0.25, -0.2) is 0 Å². The summed E-state index contributed by atoms with van der Waals surface area (Å²) >= 11 is 0. The van der Waals surface area contributed by atoms with Gasteiger partial charge in [-0.2, -0.15) is 0 Å². The summed E-state index contributed by atoms with van der Waals surface area (Å²) in [5.74, 6) is 1.67. The second-order valence-corrected chi connectivity index (χ2v) is 6.17. The molecule has 0 aliphatic carbocycles. The molecule has 0 aliphatic rings. The summed E-state index contributed by atoms with van der Waals surface area (Å²) in [4.78, 5) is 11.1. The van der Waals surface area contributed by atoms with Gasteiger partial charge in [0, 0.05) is 32.1 Å². The van der Waals surface area contributed by atoms with Crippen molar-refractivity contribution in [3.8, 4) is 11.5 Å². The highest BCUT2D eigenvalue weighted by Gasteiger charge is 2.08. The van der Waals surface area contributed by atoms with E-state index in [9.17, 15) is 4.79 Å². The van der Waals surface area contributed by atoms with Crippen molar-refractivity contribution in [1.82, 2.24) is 0 Å². The Morgan fingerprint density at radius 1 is 1.04 bits per heavy atom. The molecule has 0 amide bonds. The summed E-state index contributed by atoms with van der Waals surface area (Å²) in [5, 5.41) is 0. The van der Waals surface area contributed by atoms with Crippen LogP contribution in [0, 0.1) is 0 Å². The molecule has 4 heteroatoms. The molecule has 0 N–H and O–H groups in total. The smallest absolute Gasteiger partial charge is 0.150 e. The molecule has 0 aromatic heterocycles. The first-order valence-electron chi connectivity index (χ1n) is 8.58. The minimum Gasteiger partial charge on any atom is -0.493 e. The van der Waals surface area contributed by atoms with E-state index >= 15 is 0 Å². The molecule has 2 aromatic carbocycles. The largest absolute Gasteiger partial charge is 0.493 e. The molecule has 4 nitrogen and oxygen atoms in total. The van der Waals surface area contributed by atoms with Crippen molar-refractivity contribution in [2.24, 2.45) is 0 Å². The van der Waals surface area contributed by atoms with Crippen molar-refractivity contribution in [3.05, 3.63) is 59.2 Å². The normalized spacial score (nSPS) is 10.7. The Labute approximate surface area is 149 Å². The average Bonchev–Trinajstić information content (AvgIpc) is 2.61. The third kappa shape index (κ3) is 6.24. The monoisotopic (exact) mass is 342 g/mol. The number of ether oxygens (including phenoxy) is 3. The Kier molecular flexibility index (Phi) is 7.48. The van der Waals surface area contributed by atoms with E-state index in [-0.39, 0.29) is 6.10 Å². The van der Waals surface area contributed by atoms with Crippen LogP contribution in [0.1, 0.15) is 41.8 Å². The predicted molar refractivity (Wildman–Crippen MR) is 98.8 cm³/mol. The molecule has 134 valence electrons. The number of carbonyl (C=O) groups excluding carboxylic acids is 1. The van der Waals surface area contributed by atoms with Crippen LogP contribution in [0.3, 0.4) is 0 Å². The van der Waals surface area contributed by atoms with E-state index in [0.717, 1.165) is 35.3 Å². The van der Waals surface area contributed by atoms with E-state index in [1.807, 2.05) is 50.2 Å². The molecule has 0 bridgehead atoms. The molecule has 0 heterocycles. The van der Waals surface area contributed by atoms with E-state index in [1.54, 1.807) is 13.2 Å². The van der Waals surface area contributed by atoms with Crippen LogP contribution in [0.15, 0.2) is 42.5 Å². The van der Waals surface area contributed by atoms with Crippen LogP contribution >= 0.6 is 0 Å². The second kappa shape index (κ2) is 9.84. The second-order valence-electron chi connectivity index (χ2n) is 6.17. The zero-order chi connectivity index (χ0) is 18.1. The van der Waals surface area contributed by atoms with Crippen molar-refractivity contribution in [2.75, 3.05) is 20.3 Å². The number of rotatable bonds is 10. The predicted octanol–water partition coefficient (Wildman–Crippen LogP) is 4.29. The zero-order valence-electron chi connectivity index (χ0n) is 15.2. The van der Waals surface area contributed by atoms with Crippen molar-refractivity contribution in [2.45, 2.75) is 32.8 Å². The number of carbonyl (C=O) groups is 1. The fourth-order valence-corrected chi connectivity index (χ4v) is 2.51. The maximum absolute atomic E-state index is 11.1. The van der Waals surface area contributed by atoms with Gasteiger partial charge >= 0.3 is 0 Å². The third-order valence-corrected chi connectivity index (χ3v) is 3.66. The quantitative estimate of drug-likeness (QED) is 0.477. The van der Waals surface area contributed by atoms with Crippen LogP contribution in [0.5, 0.6) is 11.5 Å². The lowest BCUT2D eigenvalue weighted by Gasteiger charge is -2.13. The van der Waals surface area contributed by atoms with E-state index in [4.69, 9.17) is 14.2 Å². The lowest BCUT2D eigenvalue weighted by atomic mass is 10.0. The third-order valence-electron chi connectivity index (χ3n) is 3.66. The molecule has 0 aliphatic heterocycles. The van der Waals surface area contributed by atoms with Crippen LogP contribution in [0.25, 0.3) is 0 Å². The Morgan fingerprint density at radius 3 is 2.44 bits per heavy atom. The number of hydrogen-bond donors (Lipinski definition) is 0. The minimum atomic E-state index is 0.155. The molecular weight excluding hydrogens is 316 g/mol. The molecule has 0 saturated heterocycles. The van der Waals surface area contributed by atoms with E-state index in [2.05, 4.69) is 0 Å². The van der Waals surface area contributed by atoms with Gasteiger partial charge in [-0.05, 0) is 55.3 Å². The highest BCUT2D eigenvalue weighted by Crippen LogP contribution is 2.24. The molecule has 0 atom stereocenters. The summed E-state index contributed by atoms with van der Waals surface area (Å²) in [7, 11) is 1.68. The molecular formula is C21H26O4. The van der Waals surface area contributed by atoms with Crippen LogP contribution in [-0.4, -0.2) is 32.7 Å². The van der Waals surface area contributed by atoms with Gasteiger partial charge in [0.05, 0.1) is 12.7 Å². The highest BCUT2D eigenvalue weighted by atomic mass is 16.5. The lowest BCUT2D eigenvalue weighted by Crippen LogP contribution is -2.05. The van der Waals surface area contributed by atoms with Crippen LogP contribution in [0.2, 0.25) is 0 Å². The van der Waals surface area contributed by atoms with Crippen molar-refractivity contribution in [3.63, 3.8) is 0 Å². The molecule has 0 radical (unpaired) electrons. The van der Waals surface area contributed by atoms with Gasteiger partial charge in [-0.15, -0.1) is 0 Å². The molecule has 25 heavy (non-hydrogen) atoms. The van der Waals surface area contributed by atoms with Gasteiger partial charge in [0.15, 0.2) is 0 Å². The zero-order valence-corrected chi connectivity index (χ0v) is 15.2. The van der Waals surface area contributed by atoms with Crippen LogP contribution in [0.4, 0.5) is 0 Å². The van der Waals surface area contributed by atoms with Crippen molar-refractivity contribution >= 4 is 6.29 Å². The number of hydrogen-bond acceptors (Lipinski definition) is 4. The summed E-state index contributed by atoms with van der Waals surface area (Å²) in [5.41, 5.74) is 2.79. The first kappa shape index (κ1) is 19.0. The summed E-state index contributed by atoms with van der Waals surface area (Å²) in [6.07, 6.45) is 2.54. The van der Waals surface area contributed by atoms with Gasteiger partial charge in [-0.1, -0.05) is 12.1 Å². The van der Waals surface area contributed by atoms with Crippen LogP contribution in [-0.2, 0) is 11.2 Å². The van der Waals surface area contributed by atoms with Gasteiger partial charge < -0.3 is 14.2 Å². The first-order chi connectivity index (χ1) is 12.1. The number of aldehydes is 1. The minimum absolute atomic E-state index is 0.155. The fraction of sp³-hybridized carbons (Fsp3) is 0.381. The fourth-order valence-electron chi connectivity index (χ4n) is 2.51. The number of benzene rings is 2. The summed E-state index contributed by atoms with van der Waals surface area (Å²) in [6, 6.07) is 13.6. The standard InChI is InChI=1S/C21H26O4/c1-16(2)25-20-8-5-17(6-9-20)13-19-14-18(15-22)7-10-21(19)24-12-4-11-23-3/h5-10,14-16H,4,11-13H2,1-3H3. The van der Waals surface area contributed by atoms with Gasteiger partial charge in [0.2, 0.25) is 0 Å². The first-order valence-corrected chi connectivity index (χ1v) is 8.58. The molecule has 0 spiro atoms. The Hall–Kier alpha value is -2.33. The van der Waals surface area contributed by atoms with E-state index in [0.29, 0.717) is 25.2 Å². The van der Waals surface area contributed by atoms with Gasteiger partial charge in [0.1, 0.15) is 17.8 Å². The lowest BCUT2D eigenvalue weighted by molar-refractivity contribution is 0.112. The van der Waals surface area contributed by atoms with Crippen molar-refractivity contribution in [1.29, 1.82) is 0 Å². The SMILES string of the molecule is COCCCOc1ccc(C=O)cc1Cc1ccc(OC(C)C)cc1. The Balaban J connectivity index is 2.11. The molecule has 2 rings (SSSR count).